The van der Waals surface area contributed by atoms with E-state index in [-0.39, 0.29) is 59.9 Å². The van der Waals surface area contributed by atoms with E-state index in [1.54, 1.807) is 5.57 Å². The largest absolute Gasteiger partial charge is 0.262 e. The molecule has 0 radical (unpaired) electrons. The number of rotatable bonds is 6. The summed E-state index contributed by atoms with van der Waals surface area (Å²) < 4.78 is 0. The molecule has 4 heteroatoms. The summed E-state index contributed by atoms with van der Waals surface area (Å²) in [7, 11) is 0.0649. The number of hydrogen-bond donors (Lipinski definition) is 0. The van der Waals surface area contributed by atoms with Gasteiger partial charge in [-0.15, -0.1) is 39.7 Å². The predicted molar refractivity (Wildman–Crippen MR) is 109 cm³/mol. The maximum Gasteiger partial charge on any atom is 0 e. The average Bonchev–Trinajstić information content (AvgIpc) is 2.51. The smallest absolute Gasteiger partial charge is 0 e. The van der Waals surface area contributed by atoms with Crippen molar-refractivity contribution in [3.8, 4) is 0 Å². The van der Waals surface area contributed by atoms with Crippen molar-refractivity contribution in [2.24, 2.45) is 17.3 Å². The Morgan fingerprint density at radius 3 is 1.57 bits per heavy atom. The molecule has 2 unspecified atom stereocenters. The van der Waals surface area contributed by atoms with Gasteiger partial charge in [-0.3, -0.25) is 6.08 Å². The third-order valence-electron chi connectivity index (χ3n) is 4.93. The van der Waals surface area contributed by atoms with Crippen LogP contribution in [0, 0.1) is 23.3 Å². The summed E-state index contributed by atoms with van der Waals surface area (Å²) in [4.78, 5) is 0. The minimum Gasteiger partial charge on any atom is -0.262 e. The Bertz CT molecular complexity index is 406. The van der Waals surface area contributed by atoms with Crippen molar-refractivity contribution in [2.75, 3.05) is 12.3 Å². The monoisotopic (exact) mass is 413 g/mol. The van der Waals surface area contributed by atoms with Gasteiger partial charge in [-0.1, -0.05) is 60.8 Å². The molecular weight excluding hydrogens is 378 g/mol. The zero-order chi connectivity index (χ0) is 15.7. The van der Waals surface area contributed by atoms with Crippen molar-refractivity contribution >= 4 is 32.7 Å². The SMILES string of the molecule is CC1=[C-]C(C)(C(C)P(CC(C)C)CC(C)C)C(C)=C1C.Cl.Cl.[Ti]. The van der Waals surface area contributed by atoms with Crippen molar-refractivity contribution < 1.29 is 21.7 Å². The van der Waals surface area contributed by atoms with Crippen LogP contribution in [0.3, 0.4) is 0 Å². The molecule has 0 aliphatic heterocycles. The summed E-state index contributed by atoms with van der Waals surface area (Å²) in [6.07, 6.45) is 6.62. The fourth-order valence-corrected chi connectivity index (χ4v) is 7.01. The van der Waals surface area contributed by atoms with Crippen LogP contribution in [0.5, 0.6) is 0 Å². The van der Waals surface area contributed by atoms with E-state index in [0.29, 0.717) is 0 Å². The summed E-state index contributed by atoms with van der Waals surface area (Å²) in [5, 5.41) is 0. The first kappa shape index (κ1) is 29.0. The van der Waals surface area contributed by atoms with Gasteiger partial charge >= 0.3 is 0 Å². The number of hydrogen-bond acceptors (Lipinski definition) is 0. The van der Waals surface area contributed by atoms with Crippen molar-refractivity contribution in [2.45, 2.75) is 68.0 Å². The van der Waals surface area contributed by atoms with E-state index in [9.17, 15) is 0 Å². The molecule has 0 nitrogen and oxygen atoms in total. The normalized spacial score (nSPS) is 21.8. The van der Waals surface area contributed by atoms with Crippen LogP contribution < -0.4 is 0 Å². The molecule has 1 aliphatic carbocycles. The Hall–Kier alpha value is 1.20. The second kappa shape index (κ2) is 11.7. The zero-order valence-electron chi connectivity index (χ0n) is 16.4. The van der Waals surface area contributed by atoms with E-state index in [0.717, 1.165) is 17.5 Å². The molecule has 0 spiro atoms. The van der Waals surface area contributed by atoms with Crippen molar-refractivity contribution in [3.63, 3.8) is 0 Å². The standard InChI is InChI=1S/C19H34P.2ClH.Ti/c1-13(2)11-20(12-14(3)4)18(8)19(9)10-15(5)16(6)17(19)7;;;/h13-14,18H,11-12H2,1-9H3;2*1H;/q-1;;;. The Balaban J connectivity index is -0.00000133. The van der Waals surface area contributed by atoms with Crippen LogP contribution in [0.1, 0.15) is 62.3 Å². The van der Waals surface area contributed by atoms with Crippen LogP contribution >= 0.6 is 32.7 Å². The zero-order valence-corrected chi connectivity index (χ0v) is 20.5. The fraction of sp³-hybridized carbons (Fsp3) is 0.789. The number of allylic oxidation sites excluding steroid dienone is 4. The van der Waals surface area contributed by atoms with Crippen molar-refractivity contribution in [3.05, 3.63) is 22.8 Å². The third-order valence-corrected chi connectivity index (χ3v) is 8.94. The minimum absolute atomic E-state index is 0. The van der Waals surface area contributed by atoms with Gasteiger partial charge in [-0.2, -0.15) is 11.1 Å². The van der Waals surface area contributed by atoms with Crippen LogP contribution in [-0.4, -0.2) is 18.0 Å². The Labute approximate surface area is 174 Å². The molecule has 0 aromatic rings. The molecule has 136 valence electrons. The van der Waals surface area contributed by atoms with E-state index in [2.05, 4.69) is 68.4 Å². The molecule has 0 aromatic carbocycles. The van der Waals surface area contributed by atoms with Gasteiger partial charge in [0.25, 0.3) is 0 Å². The van der Waals surface area contributed by atoms with E-state index in [4.69, 9.17) is 0 Å². The molecule has 0 saturated carbocycles. The van der Waals surface area contributed by atoms with E-state index >= 15 is 0 Å². The van der Waals surface area contributed by atoms with Crippen LogP contribution in [0.15, 0.2) is 16.7 Å². The summed E-state index contributed by atoms with van der Waals surface area (Å²) in [5.74, 6) is 1.62. The van der Waals surface area contributed by atoms with Gasteiger partial charge in [-0.05, 0) is 29.8 Å². The van der Waals surface area contributed by atoms with E-state index in [1.807, 2.05) is 0 Å². The quantitative estimate of drug-likeness (QED) is 0.247. The van der Waals surface area contributed by atoms with Gasteiger partial charge in [0.1, 0.15) is 0 Å². The topological polar surface area (TPSA) is 0 Å². The van der Waals surface area contributed by atoms with Crippen molar-refractivity contribution in [1.29, 1.82) is 0 Å². The number of halogens is 2. The van der Waals surface area contributed by atoms with Gasteiger partial charge in [0.15, 0.2) is 0 Å². The maximum atomic E-state index is 3.82. The second-order valence-corrected chi connectivity index (χ2v) is 10.3. The van der Waals surface area contributed by atoms with Gasteiger partial charge < -0.3 is 0 Å². The summed E-state index contributed by atoms with van der Waals surface area (Å²) in [5.41, 5.74) is 5.31. The molecule has 2 atom stereocenters. The molecular formula is C19H36Cl2PTi-. The molecule has 0 saturated heterocycles. The van der Waals surface area contributed by atoms with Crippen LogP contribution in [-0.2, 0) is 21.7 Å². The Morgan fingerprint density at radius 1 is 0.913 bits per heavy atom. The first-order valence-electron chi connectivity index (χ1n) is 8.13. The summed E-state index contributed by atoms with van der Waals surface area (Å²) in [6, 6.07) is 0. The molecule has 23 heavy (non-hydrogen) atoms. The van der Waals surface area contributed by atoms with Crippen LogP contribution in [0.2, 0.25) is 0 Å². The van der Waals surface area contributed by atoms with Gasteiger partial charge in [0.2, 0.25) is 0 Å². The first-order chi connectivity index (χ1) is 9.09. The van der Waals surface area contributed by atoms with Gasteiger partial charge in [-0.25, -0.2) is 5.57 Å². The van der Waals surface area contributed by atoms with E-state index < -0.39 is 0 Å². The summed E-state index contributed by atoms with van der Waals surface area (Å²) in [6.45, 7) is 21.2. The second-order valence-electron chi connectivity index (χ2n) is 7.62. The molecule has 0 bridgehead atoms. The minimum atomic E-state index is 0. The van der Waals surface area contributed by atoms with E-state index in [1.165, 1.54) is 23.5 Å². The molecule has 1 aliphatic rings. The molecule has 0 N–H and O–H groups in total. The molecule has 0 heterocycles. The predicted octanol–water partition coefficient (Wildman–Crippen LogP) is 7.12. The van der Waals surface area contributed by atoms with Gasteiger partial charge in [0.05, 0.1) is 0 Å². The van der Waals surface area contributed by atoms with Crippen LogP contribution in [0.4, 0.5) is 0 Å². The Morgan fingerprint density at radius 2 is 1.30 bits per heavy atom. The maximum absolute atomic E-state index is 3.82. The van der Waals surface area contributed by atoms with Crippen LogP contribution in [0.25, 0.3) is 0 Å². The molecule has 1 rings (SSSR count). The summed E-state index contributed by atoms with van der Waals surface area (Å²) >= 11 is 0. The molecule has 0 aromatic heterocycles. The molecule has 0 amide bonds. The van der Waals surface area contributed by atoms with Crippen molar-refractivity contribution in [1.82, 2.24) is 0 Å². The average molecular weight is 414 g/mol. The Kier molecular flexibility index (Phi) is 14.8. The molecule has 0 fully saturated rings. The third kappa shape index (κ3) is 7.15. The fourth-order valence-electron chi connectivity index (χ4n) is 3.36. The van der Waals surface area contributed by atoms with Gasteiger partial charge in [0, 0.05) is 21.7 Å². The first-order valence-corrected chi connectivity index (χ1v) is 9.91.